The zero-order valence-electron chi connectivity index (χ0n) is 12.2. The highest BCUT2D eigenvalue weighted by atomic mass is 16.1. The van der Waals surface area contributed by atoms with Gasteiger partial charge in [-0.3, -0.25) is 4.79 Å². The quantitative estimate of drug-likeness (QED) is 0.743. The molecule has 3 N–H and O–H groups in total. The summed E-state index contributed by atoms with van der Waals surface area (Å²) in [5, 5.41) is 9.80. The molecule has 0 radical (unpaired) electrons. The van der Waals surface area contributed by atoms with Crippen LogP contribution in [0.1, 0.15) is 31.7 Å². The van der Waals surface area contributed by atoms with Crippen LogP contribution in [0.3, 0.4) is 0 Å². The number of hydrogen-bond donors (Lipinski definition) is 3. The summed E-state index contributed by atoms with van der Waals surface area (Å²) in [5.41, 5.74) is 2.18. The second kappa shape index (κ2) is 7.90. The fourth-order valence-corrected chi connectivity index (χ4v) is 2.52. The van der Waals surface area contributed by atoms with Crippen LogP contribution in [0, 0.1) is 0 Å². The first-order chi connectivity index (χ1) is 9.78. The molecule has 1 aromatic rings. The Hall–Kier alpha value is -1.55. The van der Waals surface area contributed by atoms with Crippen molar-refractivity contribution in [2.75, 3.05) is 25.0 Å². The van der Waals surface area contributed by atoms with Gasteiger partial charge in [0.25, 0.3) is 0 Å². The van der Waals surface area contributed by atoms with Gasteiger partial charge in [-0.1, -0.05) is 18.6 Å². The number of likely N-dealkylation sites (N-methyl/N-ethyl adjacent to an activating group) is 1. The first-order valence-corrected chi connectivity index (χ1v) is 7.61. The largest absolute Gasteiger partial charge is 0.383 e. The molecule has 1 saturated heterocycles. The predicted molar refractivity (Wildman–Crippen MR) is 83.0 cm³/mol. The summed E-state index contributed by atoms with van der Waals surface area (Å²) in [6, 6.07) is 8.73. The van der Waals surface area contributed by atoms with Crippen molar-refractivity contribution >= 4 is 11.6 Å². The summed E-state index contributed by atoms with van der Waals surface area (Å²) in [7, 11) is 0. The van der Waals surface area contributed by atoms with E-state index in [1.54, 1.807) is 0 Å². The van der Waals surface area contributed by atoms with Crippen LogP contribution in [0.25, 0.3) is 0 Å². The molecule has 0 aliphatic carbocycles. The Morgan fingerprint density at radius 1 is 1.30 bits per heavy atom. The third-order valence-electron chi connectivity index (χ3n) is 3.66. The number of rotatable bonds is 6. The Bertz CT molecular complexity index is 410. The summed E-state index contributed by atoms with van der Waals surface area (Å²) < 4.78 is 0. The van der Waals surface area contributed by atoms with E-state index in [9.17, 15) is 4.79 Å². The van der Waals surface area contributed by atoms with Crippen molar-refractivity contribution in [1.82, 2.24) is 10.6 Å². The van der Waals surface area contributed by atoms with Crippen molar-refractivity contribution in [3.63, 3.8) is 0 Å². The number of anilines is 1. The van der Waals surface area contributed by atoms with Crippen LogP contribution < -0.4 is 16.0 Å². The van der Waals surface area contributed by atoms with Crippen LogP contribution in [-0.4, -0.2) is 31.6 Å². The number of amides is 1. The maximum Gasteiger partial charge on any atom is 0.224 e. The molecule has 1 atom stereocenters. The topological polar surface area (TPSA) is 53.2 Å². The van der Waals surface area contributed by atoms with Gasteiger partial charge in [-0.2, -0.15) is 0 Å². The predicted octanol–water partition coefficient (Wildman–Crippen LogP) is 1.92. The van der Waals surface area contributed by atoms with Gasteiger partial charge in [0.15, 0.2) is 0 Å². The van der Waals surface area contributed by atoms with Gasteiger partial charge >= 0.3 is 0 Å². The molecule has 1 amide bonds. The summed E-state index contributed by atoms with van der Waals surface area (Å²) in [4.78, 5) is 11.5. The van der Waals surface area contributed by atoms with Gasteiger partial charge in [-0.25, -0.2) is 0 Å². The molecule has 0 spiro atoms. The molecule has 4 heteroatoms. The molecular formula is C16H25N3O. The SMILES string of the molecule is CCNC(=O)Cc1ccc(NCC2CCCCN2)cc1. The van der Waals surface area contributed by atoms with E-state index < -0.39 is 0 Å². The average Bonchev–Trinajstić information content (AvgIpc) is 2.48. The highest BCUT2D eigenvalue weighted by Gasteiger charge is 2.11. The molecule has 110 valence electrons. The van der Waals surface area contributed by atoms with Crippen LogP contribution >= 0.6 is 0 Å². The third kappa shape index (κ3) is 4.85. The van der Waals surface area contributed by atoms with Crippen LogP contribution in [0.15, 0.2) is 24.3 Å². The zero-order chi connectivity index (χ0) is 14.2. The van der Waals surface area contributed by atoms with Gasteiger partial charge < -0.3 is 16.0 Å². The van der Waals surface area contributed by atoms with Crippen molar-refractivity contribution in [3.8, 4) is 0 Å². The molecule has 4 nitrogen and oxygen atoms in total. The lowest BCUT2D eigenvalue weighted by atomic mass is 10.0. The van der Waals surface area contributed by atoms with Crippen LogP contribution in [0.4, 0.5) is 5.69 Å². The van der Waals surface area contributed by atoms with Gasteiger partial charge in [0.2, 0.25) is 5.91 Å². The zero-order valence-corrected chi connectivity index (χ0v) is 12.2. The summed E-state index contributed by atoms with van der Waals surface area (Å²) in [6.45, 7) is 4.73. The fourth-order valence-electron chi connectivity index (χ4n) is 2.52. The minimum Gasteiger partial charge on any atom is -0.383 e. The van der Waals surface area contributed by atoms with E-state index in [4.69, 9.17) is 0 Å². The van der Waals surface area contributed by atoms with Crippen LogP contribution in [-0.2, 0) is 11.2 Å². The lowest BCUT2D eigenvalue weighted by Crippen LogP contribution is -2.39. The average molecular weight is 275 g/mol. The molecule has 1 aromatic carbocycles. The van der Waals surface area contributed by atoms with Crippen molar-refractivity contribution < 1.29 is 4.79 Å². The highest BCUT2D eigenvalue weighted by Crippen LogP contribution is 2.12. The molecule has 20 heavy (non-hydrogen) atoms. The monoisotopic (exact) mass is 275 g/mol. The van der Waals surface area contributed by atoms with Crippen molar-refractivity contribution in [1.29, 1.82) is 0 Å². The van der Waals surface area contributed by atoms with Gasteiger partial charge in [-0.15, -0.1) is 0 Å². The molecule has 1 heterocycles. The molecule has 1 aliphatic rings. The summed E-state index contributed by atoms with van der Waals surface area (Å²) in [5.74, 6) is 0.0830. The minimum atomic E-state index is 0.0830. The molecule has 1 aliphatic heterocycles. The van der Waals surface area contributed by atoms with Gasteiger partial charge in [-0.05, 0) is 44.0 Å². The molecular weight excluding hydrogens is 250 g/mol. The van der Waals surface area contributed by atoms with E-state index in [0.717, 1.165) is 24.3 Å². The number of benzene rings is 1. The number of piperidine rings is 1. The van der Waals surface area contributed by atoms with Crippen molar-refractivity contribution in [3.05, 3.63) is 29.8 Å². The molecule has 0 aromatic heterocycles. The molecule has 0 saturated carbocycles. The molecule has 1 unspecified atom stereocenters. The van der Waals surface area contributed by atoms with Crippen molar-refractivity contribution in [2.24, 2.45) is 0 Å². The molecule has 0 bridgehead atoms. The van der Waals surface area contributed by atoms with Gasteiger partial charge in [0.05, 0.1) is 6.42 Å². The smallest absolute Gasteiger partial charge is 0.224 e. The van der Waals surface area contributed by atoms with Crippen LogP contribution in [0.5, 0.6) is 0 Å². The van der Waals surface area contributed by atoms with E-state index in [0.29, 0.717) is 19.0 Å². The Morgan fingerprint density at radius 2 is 2.10 bits per heavy atom. The van der Waals surface area contributed by atoms with Crippen molar-refractivity contribution in [2.45, 2.75) is 38.6 Å². The van der Waals surface area contributed by atoms with Gasteiger partial charge in [0, 0.05) is 24.8 Å². The second-order valence-electron chi connectivity index (χ2n) is 5.35. The maximum atomic E-state index is 11.5. The molecule has 1 fully saturated rings. The van der Waals surface area contributed by atoms with Crippen LogP contribution in [0.2, 0.25) is 0 Å². The van der Waals surface area contributed by atoms with E-state index in [-0.39, 0.29) is 5.91 Å². The standard InChI is InChI=1S/C16H25N3O/c1-2-17-16(20)11-13-6-8-14(9-7-13)19-12-15-5-3-4-10-18-15/h6-9,15,18-19H,2-5,10-12H2,1H3,(H,17,20). The van der Waals surface area contributed by atoms with E-state index in [2.05, 4.69) is 28.1 Å². The number of hydrogen-bond acceptors (Lipinski definition) is 3. The number of carbonyl (C=O) groups excluding carboxylic acids is 1. The van der Waals surface area contributed by atoms with E-state index in [1.807, 2.05) is 19.1 Å². The second-order valence-corrected chi connectivity index (χ2v) is 5.35. The maximum absolute atomic E-state index is 11.5. The minimum absolute atomic E-state index is 0.0830. The lowest BCUT2D eigenvalue weighted by molar-refractivity contribution is -0.120. The van der Waals surface area contributed by atoms with E-state index >= 15 is 0 Å². The Morgan fingerprint density at radius 3 is 2.75 bits per heavy atom. The Balaban J connectivity index is 1.77. The summed E-state index contributed by atoms with van der Waals surface area (Å²) in [6.07, 6.45) is 4.33. The third-order valence-corrected chi connectivity index (χ3v) is 3.66. The number of nitrogens with one attached hydrogen (secondary N) is 3. The van der Waals surface area contributed by atoms with E-state index in [1.165, 1.54) is 19.3 Å². The first kappa shape index (κ1) is 14.9. The highest BCUT2D eigenvalue weighted by molar-refractivity contribution is 5.78. The Kier molecular flexibility index (Phi) is 5.87. The van der Waals surface area contributed by atoms with Gasteiger partial charge in [0.1, 0.15) is 0 Å². The lowest BCUT2D eigenvalue weighted by Gasteiger charge is -2.24. The fraction of sp³-hybridized carbons (Fsp3) is 0.562. The summed E-state index contributed by atoms with van der Waals surface area (Å²) >= 11 is 0. The first-order valence-electron chi connectivity index (χ1n) is 7.61. The molecule has 2 rings (SSSR count). The Labute approximate surface area is 121 Å². The normalized spacial score (nSPS) is 18.6. The number of carbonyl (C=O) groups is 1.